The van der Waals surface area contributed by atoms with Gasteiger partial charge in [0, 0.05) is 31.0 Å². The molecule has 0 spiro atoms. The Morgan fingerprint density at radius 3 is 2.14 bits per heavy atom. The van der Waals surface area contributed by atoms with Gasteiger partial charge in [-0.25, -0.2) is 4.79 Å². The molecule has 0 aliphatic rings. The van der Waals surface area contributed by atoms with Crippen LogP contribution in [0.25, 0.3) is 0 Å². The largest absolute Gasteiger partial charge is 0.378 e. The van der Waals surface area contributed by atoms with E-state index in [1.807, 2.05) is 64.0 Å². The summed E-state index contributed by atoms with van der Waals surface area (Å²) < 4.78 is 0. The first-order chi connectivity index (χ1) is 9.67. The second-order valence-electron chi connectivity index (χ2n) is 6.05. The summed E-state index contributed by atoms with van der Waals surface area (Å²) in [5.41, 5.74) is 1.42. The Hall–Kier alpha value is -2.24. The number of hydrogen-bond acceptors (Lipinski definition) is 3. The Bertz CT molecular complexity index is 489. The molecule has 0 aliphatic carbocycles. The third kappa shape index (κ3) is 6.65. The molecular weight excluding hydrogens is 268 g/mol. The monoisotopic (exact) mass is 292 g/mol. The zero-order valence-electron chi connectivity index (χ0n) is 13.3. The van der Waals surface area contributed by atoms with E-state index in [1.54, 1.807) is 0 Å². The van der Waals surface area contributed by atoms with Crippen LogP contribution in [-0.2, 0) is 4.79 Å². The van der Waals surface area contributed by atoms with E-state index in [2.05, 4.69) is 16.0 Å². The number of nitrogens with zero attached hydrogens (tertiary/aromatic N) is 1. The fourth-order valence-corrected chi connectivity index (χ4v) is 1.59. The lowest BCUT2D eigenvalue weighted by Crippen LogP contribution is -2.48. The number of benzene rings is 1. The minimum Gasteiger partial charge on any atom is -0.378 e. The number of nitrogens with one attached hydrogen (secondary N) is 3. The predicted octanol–water partition coefficient (Wildman–Crippen LogP) is 1.79. The Morgan fingerprint density at radius 1 is 1.10 bits per heavy atom. The van der Waals surface area contributed by atoms with E-state index >= 15 is 0 Å². The first-order valence-corrected chi connectivity index (χ1v) is 6.80. The van der Waals surface area contributed by atoms with Crippen molar-refractivity contribution in [1.29, 1.82) is 0 Å². The van der Waals surface area contributed by atoms with Crippen molar-refractivity contribution in [2.24, 2.45) is 0 Å². The summed E-state index contributed by atoms with van der Waals surface area (Å²) in [5, 5.41) is 7.97. The summed E-state index contributed by atoms with van der Waals surface area (Å²) in [6.07, 6.45) is 0. The van der Waals surface area contributed by atoms with Crippen molar-refractivity contribution in [1.82, 2.24) is 10.6 Å². The van der Waals surface area contributed by atoms with Gasteiger partial charge in [0.2, 0.25) is 5.91 Å². The van der Waals surface area contributed by atoms with Gasteiger partial charge in [0.15, 0.2) is 0 Å². The van der Waals surface area contributed by atoms with Crippen LogP contribution in [0.4, 0.5) is 16.2 Å². The second kappa shape index (κ2) is 6.97. The van der Waals surface area contributed by atoms with Crippen molar-refractivity contribution in [2.45, 2.75) is 26.3 Å². The van der Waals surface area contributed by atoms with Crippen molar-refractivity contribution in [3.05, 3.63) is 24.3 Å². The van der Waals surface area contributed by atoms with Gasteiger partial charge in [0.25, 0.3) is 0 Å². The molecule has 116 valence electrons. The summed E-state index contributed by atoms with van der Waals surface area (Å²) in [5.74, 6) is -0.267. The molecular formula is C15H24N4O2. The standard InChI is InChI=1S/C15H24N4O2/c1-15(2,3)18-14(21)16-10-13(20)17-11-6-8-12(9-7-11)19(4)5/h6-9H,10H2,1-5H3,(H,17,20)(H2,16,18,21). The van der Waals surface area contributed by atoms with E-state index < -0.39 is 0 Å². The second-order valence-corrected chi connectivity index (χ2v) is 6.05. The Morgan fingerprint density at radius 2 is 1.67 bits per heavy atom. The van der Waals surface area contributed by atoms with Gasteiger partial charge < -0.3 is 20.9 Å². The zero-order chi connectivity index (χ0) is 16.0. The SMILES string of the molecule is CN(C)c1ccc(NC(=O)CNC(=O)NC(C)(C)C)cc1. The van der Waals surface area contributed by atoms with Crippen molar-refractivity contribution in [3.63, 3.8) is 0 Å². The van der Waals surface area contributed by atoms with Crippen LogP contribution >= 0.6 is 0 Å². The fourth-order valence-electron chi connectivity index (χ4n) is 1.59. The number of rotatable bonds is 4. The Balaban J connectivity index is 2.42. The minimum absolute atomic E-state index is 0.0721. The molecule has 0 atom stereocenters. The molecule has 0 saturated heterocycles. The smallest absolute Gasteiger partial charge is 0.315 e. The molecule has 6 nitrogen and oxygen atoms in total. The van der Waals surface area contributed by atoms with Crippen LogP contribution in [0.2, 0.25) is 0 Å². The van der Waals surface area contributed by atoms with Crippen molar-refractivity contribution < 1.29 is 9.59 Å². The van der Waals surface area contributed by atoms with Gasteiger partial charge in [-0.3, -0.25) is 4.79 Å². The summed E-state index contributed by atoms with van der Waals surface area (Å²) in [6, 6.07) is 7.11. The van der Waals surface area contributed by atoms with E-state index in [4.69, 9.17) is 0 Å². The number of carbonyl (C=O) groups excluding carboxylic acids is 2. The molecule has 21 heavy (non-hydrogen) atoms. The lowest BCUT2D eigenvalue weighted by Gasteiger charge is -2.20. The quantitative estimate of drug-likeness (QED) is 0.792. The average molecular weight is 292 g/mol. The van der Waals surface area contributed by atoms with Crippen LogP contribution in [0.5, 0.6) is 0 Å². The van der Waals surface area contributed by atoms with Crippen LogP contribution in [0, 0.1) is 0 Å². The Kier molecular flexibility index (Phi) is 5.58. The third-order valence-electron chi connectivity index (χ3n) is 2.57. The topological polar surface area (TPSA) is 73.5 Å². The highest BCUT2D eigenvalue weighted by atomic mass is 16.2. The lowest BCUT2D eigenvalue weighted by atomic mass is 10.1. The molecule has 0 aromatic heterocycles. The first-order valence-electron chi connectivity index (χ1n) is 6.80. The van der Waals surface area contributed by atoms with Crippen LogP contribution in [-0.4, -0.2) is 38.1 Å². The van der Waals surface area contributed by atoms with Gasteiger partial charge in [-0.1, -0.05) is 0 Å². The summed E-state index contributed by atoms with van der Waals surface area (Å²) in [4.78, 5) is 25.2. The number of urea groups is 1. The summed E-state index contributed by atoms with van der Waals surface area (Å²) >= 11 is 0. The van der Waals surface area contributed by atoms with Crippen LogP contribution in [0.15, 0.2) is 24.3 Å². The molecule has 0 bridgehead atoms. The average Bonchev–Trinajstić information content (AvgIpc) is 2.35. The highest BCUT2D eigenvalue weighted by Crippen LogP contribution is 2.15. The molecule has 0 radical (unpaired) electrons. The van der Waals surface area contributed by atoms with Gasteiger partial charge in [0.05, 0.1) is 6.54 Å². The normalized spacial score (nSPS) is 10.7. The maximum absolute atomic E-state index is 11.7. The zero-order valence-corrected chi connectivity index (χ0v) is 13.3. The van der Waals surface area contributed by atoms with Gasteiger partial charge >= 0.3 is 6.03 Å². The van der Waals surface area contributed by atoms with Gasteiger partial charge in [0.1, 0.15) is 0 Å². The van der Waals surface area contributed by atoms with E-state index in [0.717, 1.165) is 5.69 Å². The molecule has 1 aromatic carbocycles. The van der Waals surface area contributed by atoms with Crippen molar-refractivity contribution >= 4 is 23.3 Å². The molecule has 6 heteroatoms. The van der Waals surface area contributed by atoms with Crippen molar-refractivity contribution in [2.75, 3.05) is 30.9 Å². The van der Waals surface area contributed by atoms with Gasteiger partial charge in [-0.2, -0.15) is 0 Å². The van der Waals surface area contributed by atoms with E-state index in [1.165, 1.54) is 0 Å². The molecule has 0 saturated carbocycles. The highest BCUT2D eigenvalue weighted by Gasteiger charge is 2.14. The van der Waals surface area contributed by atoms with Gasteiger partial charge in [-0.15, -0.1) is 0 Å². The first kappa shape index (κ1) is 16.8. The number of carbonyl (C=O) groups is 2. The lowest BCUT2D eigenvalue weighted by molar-refractivity contribution is -0.115. The molecule has 0 unspecified atom stereocenters. The predicted molar refractivity (Wildman–Crippen MR) is 85.7 cm³/mol. The Labute approximate surface area is 125 Å². The van der Waals surface area contributed by atoms with Crippen LogP contribution < -0.4 is 20.9 Å². The third-order valence-corrected chi connectivity index (χ3v) is 2.57. The number of amides is 3. The maximum atomic E-state index is 11.7. The molecule has 0 heterocycles. The molecule has 1 rings (SSSR count). The van der Waals surface area contributed by atoms with Crippen LogP contribution in [0.3, 0.4) is 0 Å². The molecule has 0 aliphatic heterocycles. The van der Waals surface area contributed by atoms with E-state index in [9.17, 15) is 9.59 Å². The highest BCUT2D eigenvalue weighted by molar-refractivity contribution is 5.94. The molecule has 3 N–H and O–H groups in total. The van der Waals surface area contributed by atoms with Gasteiger partial charge in [-0.05, 0) is 45.0 Å². The summed E-state index contributed by atoms with van der Waals surface area (Å²) in [7, 11) is 3.90. The minimum atomic E-state index is -0.361. The summed E-state index contributed by atoms with van der Waals surface area (Å²) in [6.45, 7) is 5.55. The molecule has 3 amide bonds. The maximum Gasteiger partial charge on any atom is 0.315 e. The van der Waals surface area contributed by atoms with Crippen LogP contribution in [0.1, 0.15) is 20.8 Å². The molecule has 0 fully saturated rings. The van der Waals surface area contributed by atoms with E-state index in [0.29, 0.717) is 5.69 Å². The fraction of sp³-hybridized carbons (Fsp3) is 0.467. The molecule has 1 aromatic rings. The number of anilines is 2. The van der Waals surface area contributed by atoms with E-state index in [-0.39, 0.29) is 24.0 Å². The number of hydrogen-bond donors (Lipinski definition) is 3. The van der Waals surface area contributed by atoms with Crippen molar-refractivity contribution in [3.8, 4) is 0 Å².